The molecule has 0 aromatic heterocycles. The van der Waals surface area contributed by atoms with E-state index < -0.39 is 0 Å². The van der Waals surface area contributed by atoms with Crippen molar-refractivity contribution in [2.75, 3.05) is 26.3 Å². The van der Waals surface area contributed by atoms with E-state index in [1.165, 1.54) is 0 Å². The molecule has 60 valence electrons. The summed E-state index contributed by atoms with van der Waals surface area (Å²) in [6.07, 6.45) is 0. The summed E-state index contributed by atoms with van der Waals surface area (Å²) in [5, 5.41) is 2.04. The Morgan fingerprint density at radius 1 is 1.55 bits per heavy atom. The number of hydrogen-bond acceptors (Lipinski definition) is 3. The van der Waals surface area contributed by atoms with Gasteiger partial charge in [-0.15, -0.1) is 4.99 Å². The lowest BCUT2D eigenvalue weighted by Gasteiger charge is -2.24. The van der Waals surface area contributed by atoms with Crippen molar-refractivity contribution in [1.82, 2.24) is 4.90 Å². The molecule has 0 N–H and O–H groups in total. The summed E-state index contributed by atoms with van der Waals surface area (Å²) in [7, 11) is 0. The number of thiocarbonyl (C=S) groups is 1. The lowest BCUT2D eigenvalue weighted by Crippen LogP contribution is -2.39. The number of isothiocyanates is 1. The fraction of sp³-hybridized carbons (Fsp3) is 0.667. The molecule has 5 heteroatoms. The molecule has 0 saturated carbocycles. The maximum atomic E-state index is 11.0. The summed E-state index contributed by atoms with van der Waals surface area (Å²) in [6, 6.07) is -0.316. The summed E-state index contributed by atoms with van der Waals surface area (Å²) >= 11 is 4.30. The van der Waals surface area contributed by atoms with E-state index in [-0.39, 0.29) is 6.03 Å². The molecular weight excluding hydrogens is 164 g/mol. The largest absolute Gasteiger partial charge is 0.378 e. The van der Waals surface area contributed by atoms with Gasteiger partial charge in [0.05, 0.1) is 18.4 Å². The van der Waals surface area contributed by atoms with Gasteiger partial charge in [-0.2, -0.15) is 0 Å². The summed E-state index contributed by atoms with van der Waals surface area (Å²) in [5.41, 5.74) is 0. The second kappa shape index (κ2) is 4.18. The van der Waals surface area contributed by atoms with Crippen molar-refractivity contribution in [3.8, 4) is 0 Å². The van der Waals surface area contributed by atoms with Crippen LogP contribution in [0.2, 0.25) is 0 Å². The Kier molecular flexibility index (Phi) is 3.16. The van der Waals surface area contributed by atoms with Crippen LogP contribution in [0.25, 0.3) is 0 Å². The zero-order chi connectivity index (χ0) is 8.10. The molecule has 4 nitrogen and oxygen atoms in total. The first-order valence-electron chi connectivity index (χ1n) is 3.29. The van der Waals surface area contributed by atoms with Gasteiger partial charge in [0.2, 0.25) is 0 Å². The molecule has 0 radical (unpaired) electrons. The van der Waals surface area contributed by atoms with Crippen LogP contribution in [0.4, 0.5) is 4.79 Å². The van der Waals surface area contributed by atoms with E-state index in [2.05, 4.69) is 17.2 Å². The van der Waals surface area contributed by atoms with Crippen molar-refractivity contribution < 1.29 is 9.53 Å². The van der Waals surface area contributed by atoms with Crippen molar-refractivity contribution in [3.05, 3.63) is 0 Å². The standard InChI is InChI=1S/C6H8N2O2S/c9-6(7-5-11)8-1-3-10-4-2-8/h1-4H2. The predicted octanol–water partition coefficient (Wildman–Crippen LogP) is 0.541. The zero-order valence-electron chi connectivity index (χ0n) is 5.95. The molecule has 1 saturated heterocycles. The fourth-order valence-corrected chi connectivity index (χ4v) is 0.942. The monoisotopic (exact) mass is 172 g/mol. The summed E-state index contributed by atoms with van der Waals surface area (Å²) in [4.78, 5) is 15.9. The Labute approximate surface area is 69.8 Å². The van der Waals surface area contributed by atoms with E-state index in [4.69, 9.17) is 4.74 Å². The van der Waals surface area contributed by atoms with Crippen molar-refractivity contribution in [2.24, 2.45) is 4.99 Å². The quantitative estimate of drug-likeness (QED) is 0.395. The Morgan fingerprint density at radius 3 is 2.73 bits per heavy atom. The van der Waals surface area contributed by atoms with Gasteiger partial charge >= 0.3 is 6.03 Å². The number of rotatable bonds is 0. The summed E-state index contributed by atoms with van der Waals surface area (Å²) < 4.78 is 5.05. The molecule has 0 unspecified atom stereocenters. The van der Waals surface area contributed by atoms with Gasteiger partial charge < -0.3 is 9.64 Å². The number of urea groups is 1. The Balaban J connectivity index is 2.44. The van der Waals surface area contributed by atoms with Crippen LogP contribution in [0, 0.1) is 0 Å². The number of amides is 2. The second-order valence-corrected chi connectivity index (χ2v) is 2.27. The number of carbonyl (C=O) groups is 1. The van der Waals surface area contributed by atoms with Crippen LogP contribution in [0.1, 0.15) is 0 Å². The van der Waals surface area contributed by atoms with Crippen LogP contribution in [0.15, 0.2) is 4.99 Å². The lowest BCUT2D eigenvalue weighted by molar-refractivity contribution is 0.0556. The van der Waals surface area contributed by atoms with Crippen molar-refractivity contribution >= 4 is 23.4 Å². The maximum absolute atomic E-state index is 11.0. The third-order valence-electron chi connectivity index (χ3n) is 1.42. The third-order valence-corrected chi connectivity index (χ3v) is 1.51. The smallest absolute Gasteiger partial charge is 0.352 e. The fourth-order valence-electron chi connectivity index (χ4n) is 0.864. The molecule has 2 amide bonds. The van der Waals surface area contributed by atoms with E-state index in [1.54, 1.807) is 4.90 Å². The topological polar surface area (TPSA) is 41.9 Å². The minimum absolute atomic E-state index is 0.316. The van der Waals surface area contributed by atoms with E-state index in [9.17, 15) is 4.79 Å². The Bertz CT molecular complexity index is 195. The number of carbonyl (C=O) groups excluding carboxylic acids is 1. The molecule has 11 heavy (non-hydrogen) atoms. The SMILES string of the molecule is O=C(N=C=S)N1CCOCC1. The molecule has 1 heterocycles. The molecule has 1 aliphatic rings. The highest BCUT2D eigenvalue weighted by Gasteiger charge is 2.14. The number of aliphatic imine (C=N–C) groups is 1. The van der Waals surface area contributed by atoms with Crippen LogP contribution in [0.5, 0.6) is 0 Å². The molecular formula is C6H8N2O2S. The van der Waals surface area contributed by atoms with E-state index >= 15 is 0 Å². The van der Waals surface area contributed by atoms with Crippen LogP contribution in [-0.2, 0) is 4.74 Å². The second-order valence-electron chi connectivity index (χ2n) is 2.09. The third kappa shape index (κ3) is 2.38. The highest BCUT2D eigenvalue weighted by Crippen LogP contribution is 1.98. The van der Waals surface area contributed by atoms with Gasteiger partial charge in [0.1, 0.15) is 0 Å². The van der Waals surface area contributed by atoms with Gasteiger partial charge in [0, 0.05) is 13.1 Å². The normalized spacial score (nSPS) is 17.3. The van der Waals surface area contributed by atoms with Gasteiger partial charge in [-0.05, 0) is 12.2 Å². The number of ether oxygens (including phenoxy) is 1. The lowest BCUT2D eigenvalue weighted by atomic mass is 10.4. The summed E-state index contributed by atoms with van der Waals surface area (Å²) in [5.74, 6) is 0. The molecule has 0 aromatic carbocycles. The van der Waals surface area contributed by atoms with Crippen LogP contribution in [0.3, 0.4) is 0 Å². The highest BCUT2D eigenvalue weighted by molar-refractivity contribution is 7.78. The first kappa shape index (κ1) is 8.33. The minimum atomic E-state index is -0.316. The number of morpholine rings is 1. The molecule has 1 fully saturated rings. The molecule has 0 atom stereocenters. The van der Waals surface area contributed by atoms with Crippen molar-refractivity contribution in [1.29, 1.82) is 0 Å². The Hall–Kier alpha value is -0.770. The molecule has 0 aliphatic carbocycles. The molecule has 0 spiro atoms. The predicted molar refractivity (Wildman–Crippen MR) is 42.8 cm³/mol. The highest BCUT2D eigenvalue weighted by atomic mass is 32.1. The average molecular weight is 172 g/mol. The van der Waals surface area contributed by atoms with Gasteiger partial charge in [0.15, 0.2) is 0 Å². The zero-order valence-corrected chi connectivity index (χ0v) is 6.76. The van der Waals surface area contributed by atoms with Crippen LogP contribution in [-0.4, -0.2) is 42.4 Å². The van der Waals surface area contributed by atoms with Crippen LogP contribution < -0.4 is 0 Å². The van der Waals surface area contributed by atoms with E-state index in [1.807, 2.05) is 5.16 Å². The van der Waals surface area contributed by atoms with Crippen LogP contribution >= 0.6 is 12.2 Å². The van der Waals surface area contributed by atoms with E-state index in [0.29, 0.717) is 26.3 Å². The summed E-state index contributed by atoms with van der Waals surface area (Å²) in [6.45, 7) is 2.36. The van der Waals surface area contributed by atoms with Gasteiger partial charge in [-0.1, -0.05) is 0 Å². The molecule has 1 aliphatic heterocycles. The van der Waals surface area contributed by atoms with Crippen molar-refractivity contribution in [3.63, 3.8) is 0 Å². The van der Waals surface area contributed by atoms with Gasteiger partial charge in [-0.25, -0.2) is 4.79 Å². The van der Waals surface area contributed by atoms with Gasteiger partial charge in [0.25, 0.3) is 0 Å². The molecule has 0 aromatic rings. The Morgan fingerprint density at radius 2 is 2.18 bits per heavy atom. The van der Waals surface area contributed by atoms with E-state index in [0.717, 1.165) is 0 Å². The first-order valence-corrected chi connectivity index (χ1v) is 3.70. The molecule has 1 rings (SSSR count). The minimum Gasteiger partial charge on any atom is -0.378 e. The number of hydrogen-bond donors (Lipinski definition) is 0. The number of nitrogens with zero attached hydrogens (tertiary/aromatic N) is 2. The molecule has 0 bridgehead atoms. The average Bonchev–Trinajstić information content (AvgIpc) is 2.07. The first-order chi connectivity index (χ1) is 5.34. The van der Waals surface area contributed by atoms with Crippen molar-refractivity contribution in [2.45, 2.75) is 0 Å². The maximum Gasteiger partial charge on any atom is 0.352 e. The van der Waals surface area contributed by atoms with Gasteiger partial charge in [-0.3, -0.25) is 0 Å².